The Morgan fingerprint density at radius 3 is 1.05 bits per heavy atom. The largest absolute Gasteiger partial charge is 0.479 e. The number of carboxylic acid groups (broad SMARTS) is 2. The predicted octanol–water partition coefficient (Wildman–Crippen LogP) is 6.22. The molecule has 10 unspecified atom stereocenters. The van der Waals surface area contributed by atoms with E-state index in [2.05, 4.69) is 30.1 Å². The molecule has 0 bridgehead atoms. The van der Waals surface area contributed by atoms with Gasteiger partial charge in [0.25, 0.3) is 0 Å². The first-order valence-electron chi connectivity index (χ1n) is 34.4. The zero-order valence-corrected chi connectivity index (χ0v) is 57.6. The highest BCUT2D eigenvalue weighted by atomic mass is 16.8. The van der Waals surface area contributed by atoms with Crippen molar-refractivity contribution in [2.75, 3.05) is 26.9 Å². The molecule has 0 aliphatic carbocycles. The highest BCUT2D eigenvalue weighted by molar-refractivity contribution is 5.74. The molecule has 6 aromatic rings. The van der Waals surface area contributed by atoms with Crippen LogP contribution < -0.4 is 0 Å². The Hall–Kier alpha value is -8.65. The van der Waals surface area contributed by atoms with Gasteiger partial charge in [0.05, 0.1) is 65.6 Å². The third-order valence-electron chi connectivity index (χ3n) is 18.6. The number of carboxylic acids is 2. The van der Waals surface area contributed by atoms with E-state index in [4.69, 9.17) is 75.8 Å². The molecule has 5 aliphatic heterocycles. The molecule has 0 saturated carbocycles. The van der Waals surface area contributed by atoms with Crippen LogP contribution in [0.15, 0.2) is 197 Å². The fraction of sp³-hybridized carbons (Fsp3) is 0.479. The Morgan fingerprint density at radius 2 is 0.645 bits per heavy atom. The first kappa shape index (κ1) is 79.4. The first-order valence-corrected chi connectivity index (χ1v) is 34.4. The molecule has 5 fully saturated rings. The summed E-state index contributed by atoms with van der Waals surface area (Å²) in [6.45, 7) is -3.62. The van der Waals surface area contributed by atoms with Crippen LogP contribution in [0.2, 0.25) is 0 Å². The molecule has 34 heteroatoms. The van der Waals surface area contributed by atoms with Gasteiger partial charge in [0, 0.05) is 21.8 Å². The van der Waals surface area contributed by atoms with Crippen molar-refractivity contribution in [1.82, 2.24) is 0 Å². The van der Waals surface area contributed by atoms with E-state index in [1.807, 2.05) is 36.4 Å². The number of ether oxygens (including phenoxy) is 16. The van der Waals surface area contributed by atoms with Gasteiger partial charge in [0.2, 0.25) is 0 Å². The van der Waals surface area contributed by atoms with Gasteiger partial charge in [-0.3, -0.25) is 0 Å². The predicted molar refractivity (Wildman–Crippen MR) is 367 cm³/mol. The average Bonchev–Trinajstić information content (AvgIpc) is 0.765. The van der Waals surface area contributed by atoms with Crippen LogP contribution in [0.1, 0.15) is 33.4 Å². The topological polar surface area (TPSA) is 470 Å². The molecule has 7 N–H and O–H groups in total. The lowest BCUT2D eigenvalue weighted by Crippen LogP contribution is -2.69. The van der Waals surface area contributed by atoms with Crippen LogP contribution in [0.4, 0.5) is 0 Å². The van der Waals surface area contributed by atoms with Gasteiger partial charge in [-0.15, -0.1) is 0 Å². The van der Waals surface area contributed by atoms with Crippen molar-refractivity contribution in [3.63, 3.8) is 0 Å². The van der Waals surface area contributed by atoms with Gasteiger partial charge in [-0.1, -0.05) is 197 Å². The number of carbonyl (C=O) groups is 2. The molecule has 25 atom stereocenters. The number of methoxy groups -OCH3 is 1. The van der Waals surface area contributed by atoms with Crippen molar-refractivity contribution < 1.29 is 121 Å². The Labute approximate surface area is 612 Å². The van der Waals surface area contributed by atoms with Crippen molar-refractivity contribution in [1.29, 1.82) is 0 Å². The van der Waals surface area contributed by atoms with Crippen LogP contribution in [0.5, 0.6) is 0 Å². The van der Waals surface area contributed by atoms with Crippen molar-refractivity contribution in [3.05, 3.63) is 247 Å². The molecule has 34 nitrogen and oxygen atoms in total. The second-order valence-electron chi connectivity index (χ2n) is 25.5. The number of azide groups is 3. The minimum atomic E-state index is -2.23. The Bertz CT molecular complexity index is 3870. The zero-order valence-electron chi connectivity index (χ0n) is 57.6. The van der Waals surface area contributed by atoms with Crippen LogP contribution in [0.3, 0.4) is 0 Å². The maximum Gasteiger partial charge on any atom is 0.335 e. The fourth-order valence-electron chi connectivity index (χ4n) is 13.3. The van der Waals surface area contributed by atoms with E-state index >= 15 is 0 Å². The molecule has 6 aromatic carbocycles. The van der Waals surface area contributed by atoms with Crippen molar-refractivity contribution in [2.24, 2.45) is 15.3 Å². The second kappa shape index (κ2) is 39.5. The molecule has 5 heterocycles. The van der Waals surface area contributed by atoms with E-state index < -0.39 is 185 Å². The molecule has 0 aromatic heterocycles. The minimum absolute atomic E-state index is 0.0138. The Morgan fingerprint density at radius 1 is 0.346 bits per heavy atom. The SMILES string of the molecule is CO[C@H]1OC(CO)[C@@H](O[C@@H]2OC(C(=O)O)[C@H](O[C@@H]3OC(CO)[C@@H](O[C@@H]4OC(C(=O)O)[C@@H](O[C@H]5OC(CO)[C@H](OCc6ccccc6)[C@@H](OCc6ccccc6)C5N=[N+]=[N-])[C@@H](OCc5ccccc5)C4OCc4ccccc4)C(O)[C@@H]3N=[N+]=[N-])[C@@H](OCc3ccccc3)C2O)C(OCc2ccccc2)[C@@H]1N=[N+]=[N-]. The molecule has 0 amide bonds. The highest BCUT2D eigenvalue weighted by Gasteiger charge is 2.60. The minimum Gasteiger partial charge on any atom is -0.479 e. The summed E-state index contributed by atoms with van der Waals surface area (Å²) in [5, 5.41) is 93.1. The van der Waals surface area contributed by atoms with Gasteiger partial charge < -0.3 is 112 Å². The van der Waals surface area contributed by atoms with E-state index in [-0.39, 0.29) is 39.6 Å². The standard InChI is InChI=1S/C73H83N9O25/c1-92-69-51(78-81-75)59(95-37-43-24-12-4-13-25-43)57(49(34-85)99-69)103-72-54(87)60(96-38-44-26-14-5-15-27-44)62(64(106-72)67(88)89)104-70-50(77-80-74)53(86)55(47(32-83)100-70)102-73-66(98-40-46-30-18-7-19-31-46)61(97-39-45-28-16-6-17-29-45)63(65(107-73)68(90)91)105-71-52(79-82-76)58(94-36-42-22-10-3-11-23-42)56(48(33-84)101-71)93-35-41-20-8-2-9-21-41/h2-31,47-66,69-73,83-87H,32-40H2,1H3,(H,88,89)(H,90,91)/t47?,48?,49?,50-,51-,52?,53?,54?,55+,56-,57+,58-,59?,60-,61+,62+,63-,64?,65?,66?,69-,70-,71+,72+,73+/m0/s1. The van der Waals surface area contributed by atoms with E-state index in [1.165, 1.54) is 7.11 Å². The third-order valence-corrected chi connectivity index (χ3v) is 18.6. The molecule has 0 radical (unpaired) electrons. The summed E-state index contributed by atoms with van der Waals surface area (Å²) in [5.41, 5.74) is 34.1. The molecule has 570 valence electrons. The summed E-state index contributed by atoms with van der Waals surface area (Å²) < 4.78 is 102. The van der Waals surface area contributed by atoms with Crippen LogP contribution in [0, 0.1) is 0 Å². The normalized spacial score (nSPS) is 32.8. The maximum absolute atomic E-state index is 14.1. The van der Waals surface area contributed by atoms with Gasteiger partial charge in [0.15, 0.2) is 43.7 Å². The van der Waals surface area contributed by atoms with Crippen LogP contribution in [0.25, 0.3) is 31.3 Å². The van der Waals surface area contributed by atoms with E-state index in [1.54, 1.807) is 146 Å². The first-order chi connectivity index (χ1) is 52.3. The van der Waals surface area contributed by atoms with Gasteiger partial charge in [0.1, 0.15) is 104 Å². The van der Waals surface area contributed by atoms with Gasteiger partial charge in [-0.25, -0.2) is 9.59 Å². The zero-order chi connectivity index (χ0) is 75.2. The number of hydrogen-bond donors (Lipinski definition) is 7. The number of aliphatic hydroxyl groups is 5. The summed E-state index contributed by atoms with van der Waals surface area (Å²) in [4.78, 5) is 36.9. The van der Waals surface area contributed by atoms with E-state index in [0.29, 0.717) is 27.8 Å². The molecule has 5 saturated heterocycles. The molecule has 107 heavy (non-hydrogen) atoms. The maximum atomic E-state index is 14.1. The molecular formula is C73H83N9O25. The summed E-state index contributed by atoms with van der Waals surface area (Å²) in [5.74, 6) is -3.44. The quantitative estimate of drug-likeness (QED) is 0.0132. The van der Waals surface area contributed by atoms with Crippen molar-refractivity contribution >= 4 is 11.9 Å². The number of nitrogens with zero attached hydrogens (tertiary/aromatic N) is 9. The fourth-order valence-corrected chi connectivity index (χ4v) is 13.3. The number of aliphatic hydroxyl groups excluding tert-OH is 5. The number of aliphatic carboxylic acids is 2. The van der Waals surface area contributed by atoms with Crippen LogP contribution >= 0.6 is 0 Å². The number of hydrogen-bond acceptors (Lipinski definition) is 26. The van der Waals surface area contributed by atoms with Gasteiger partial charge in [-0.05, 0) is 50.0 Å². The lowest BCUT2D eigenvalue weighted by molar-refractivity contribution is -0.382. The summed E-state index contributed by atoms with van der Waals surface area (Å²) in [6.07, 6.45) is -38.5. The van der Waals surface area contributed by atoms with Gasteiger partial charge in [-0.2, -0.15) is 0 Å². The smallest absolute Gasteiger partial charge is 0.335 e. The van der Waals surface area contributed by atoms with Crippen molar-refractivity contribution in [3.8, 4) is 0 Å². The Kier molecular flexibility index (Phi) is 29.3. The molecular weight excluding hydrogens is 1400 g/mol. The third kappa shape index (κ3) is 20.0. The van der Waals surface area contributed by atoms with Gasteiger partial charge >= 0.3 is 11.9 Å². The summed E-state index contributed by atoms with van der Waals surface area (Å²) in [7, 11) is 1.27. The lowest BCUT2D eigenvalue weighted by atomic mass is 9.93. The lowest BCUT2D eigenvalue weighted by Gasteiger charge is -2.51. The highest BCUT2D eigenvalue weighted by Crippen LogP contribution is 2.41. The molecule has 11 rings (SSSR count). The number of benzene rings is 6. The number of rotatable bonds is 35. The van der Waals surface area contributed by atoms with Crippen LogP contribution in [-0.2, 0) is 125 Å². The second-order valence-corrected chi connectivity index (χ2v) is 25.5. The van der Waals surface area contributed by atoms with Crippen molar-refractivity contribution in [2.45, 2.75) is 193 Å². The van der Waals surface area contributed by atoms with E-state index in [9.17, 15) is 61.9 Å². The monoisotopic (exact) mass is 1490 g/mol. The summed E-state index contributed by atoms with van der Waals surface area (Å²) in [6, 6.07) is 47.9. The Balaban J connectivity index is 0.913. The molecule has 0 spiro atoms. The molecule has 5 aliphatic rings. The average molecular weight is 1490 g/mol. The van der Waals surface area contributed by atoms with Crippen LogP contribution in [-0.4, -0.2) is 228 Å². The van der Waals surface area contributed by atoms with E-state index in [0.717, 1.165) is 5.56 Å². The summed E-state index contributed by atoms with van der Waals surface area (Å²) >= 11 is 0.